The zero-order valence-electron chi connectivity index (χ0n) is 11.9. The number of hydrogen-bond donors (Lipinski definition) is 1. The molecule has 2 nitrogen and oxygen atoms in total. The van der Waals surface area contributed by atoms with Gasteiger partial charge in [0.05, 0.1) is 0 Å². The Morgan fingerprint density at radius 3 is 2.76 bits per heavy atom. The number of thioether (sulfide) groups is 1. The van der Waals surface area contributed by atoms with Crippen LogP contribution in [-0.4, -0.2) is 12.3 Å². The van der Waals surface area contributed by atoms with Gasteiger partial charge in [0.15, 0.2) is 0 Å². The fourth-order valence-corrected chi connectivity index (χ4v) is 2.87. The van der Waals surface area contributed by atoms with Crippen molar-refractivity contribution in [2.45, 2.75) is 30.3 Å². The van der Waals surface area contributed by atoms with Crippen molar-refractivity contribution in [3.63, 3.8) is 0 Å². The van der Waals surface area contributed by atoms with E-state index in [2.05, 4.69) is 11.4 Å². The molecule has 1 N–H and O–H groups in total. The van der Waals surface area contributed by atoms with Crippen molar-refractivity contribution < 1.29 is 4.74 Å². The molecule has 0 bridgehead atoms. The van der Waals surface area contributed by atoms with E-state index in [1.54, 1.807) is 11.8 Å². The van der Waals surface area contributed by atoms with E-state index in [0.717, 1.165) is 33.5 Å². The molecule has 1 aliphatic carbocycles. The molecule has 0 spiro atoms. The minimum atomic E-state index is 0.686. The molecule has 3 rings (SSSR count). The molecule has 2 aromatic rings. The summed E-state index contributed by atoms with van der Waals surface area (Å²) in [4.78, 5) is 1.12. The fraction of sp³-hybridized carbons (Fsp3) is 0.294. The summed E-state index contributed by atoms with van der Waals surface area (Å²) in [6, 6.07) is 14.6. The molecule has 0 radical (unpaired) electrons. The molecule has 0 amide bonds. The summed E-state index contributed by atoms with van der Waals surface area (Å²) in [5, 5.41) is 4.22. The smallest absolute Gasteiger partial charge is 0.140 e. The normalized spacial score (nSPS) is 14.2. The van der Waals surface area contributed by atoms with Gasteiger partial charge < -0.3 is 10.1 Å². The van der Waals surface area contributed by atoms with Crippen LogP contribution in [0, 0.1) is 0 Å². The van der Waals surface area contributed by atoms with E-state index in [-0.39, 0.29) is 0 Å². The highest BCUT2D eigenvalue weighted by Crippen LogP contribution is 2.33. The third-order valence-corrected chi connectivity index (χ3v) is 4.61. The Bertz CT molecular complexity index is 628. The van der Waals surface area contributed by atoms with Gasteiger partial charge >= 0.3 is 0 Å². The quantitative estimate of drug-likeness (QED) is 0.748. The third-order valence-electron chi connectivity index (χ3n) is 3.48. The highest BCUT2D eigenvalue weighted by molar-refractivity contribution is 7.98. The molecule has 0 aliphatic heterocycles. The first kappa shape index (κ1) is 14.8. The molecule has 2 aromatic carbocycles. The molecule has 0 aromatic heterocycles. The number of hydrogen-bond acceptors (Lipinski definition) is 3. The van der Waals surface area contributed by atoms with Crippen molar-refractivity contribution in [1.29, 1.82) is 0 Å². The lowest BCUT2D eigenvalue weighted by molar-refractivity contribution is 0.471. The Morgan fingerprint density at radius 1 is 1.24 bits per heavy atom. The van der Waals surface area contributed by atoms with Crippen molar-refractivity contribution in [2.75, 3.05) is 6.26 Å². The Balaban J connectivity index is 1.71. The lowest BCUT2D eigenvalue weighted by Crippen LogP contribution is -2.15. The van der Waals surface area contributed by atoms with E-state index in [1.807, 2.05) is 42.7 Å². The molecule has 0 unspecified atom stereocenters. The second-order valence-corrected chi connectivity index (χ2v) is 6.42. The van der Waals surface area contributed by atoms with Crippen LogP contribution in [0.25, 0.3) is 0 Å². The van der Waals surface area contributed by atoms with Crippen LogP contribution in [0.4, 0.5) is 0 Å². The molecule has 21 heavy (non-hydrogen) atoms. The highest BCUT2D eigenvalue weighted by atomic mass is 35.5. The topological polar surface area (TPSA) is 21.3 Å². The highest BCUT2D eigenvalue weighted by Gasteiger charge is 2.20. The maximum absolute atomic E-state index is 6.35. The Labute approximate surface area is 134 Å². The minimum Gasteiger partial charge on any atom is -0.456 e. The van der Waals surface area contributed by atoms with Gasteiger partial charge in [-0.25, -0.2) is 0 Å². The lowest BCUT2D eigenvalue weighted by atomic mass is 10.2. The van der Waals surface area contributed by atoms with Crippen LogP contribution in [0.2, 0.25) is 5.02 Å². The van der Waals surface area contributed by atoms with Crippen molar-refractivity contribution in [3.05, 3.63) is 53.1 Å². The molecule has 0 heterocycles. The zero-order chi connectivity index (χ0) is 14.7. The van der Waals surface area contributed by atoms with Crippen LogP contribution >= 0.6 is 23.4 Å². The van der Waals surface area contributed by atoms with E-state index in [1.165, 1.54) is 12.8 Å². The summed E-state index contributed by atoms with van der Waals surface area (Å²) < 4.78 is 5.95. The van der Waals surface area contributed by atoms with E-state index >= 15 is 0 Å². The predicted molar refractivity (Wildman–Crippen MR) is 89.6 cm³/mol. The molecule has 1 saturated carbocycles. The van der Waals surface area contributed by atoms with Crippen molar-refractivity contribution in [3.8, 4) is 11.5 Å². The van der Waals surface area contributed by atoms with Gasteiger partial charge in [-0.1, -0.05) is 29.8 Å². The van der Waals surface area contributed by atoms with Gasteiger partial charge in [-0.2, -0.15) is 0 Å². The maximum Gasteiger partial charge on any atom is 0.140 e. The molecular weight excluding hydrogens is 302 g/mol. The summed E-state index contributed by atoms with van der Waals surface area (Å²) in [6.45, 7) is 0.825. The van der Waals surface area contributed by atoms with Gasteiger partial charge in [0, 0.05) is 22.5 Å². The second-order valence-electron chi connectivity index (χ2n) is 5.16. The van der Waals surface area contributed by atoms with E-state index in [4.69, 9.17) is 16.3 Å². The summed E-state index contributed by atoms with van der Waals surface area (Å²) >= 11 is 8.02. The summed E-state index contributed by atoms with van der Waals surface area (Å²) in [6.07, 6.45) is 4.61. The van der Waals surface area contributed by atoms with Crippen LogP contribution in [0.15, 0.2) is 47.4 Å². The lowest BCUT2D eigenvalue weighted by Gasteiger charge is -2.11. The minimum absolute atomic E-state index is 0.686. The van der Waals surface area contributed by atoms with Crippen LogP contribution in [0.1, 0.15) is 18.4 Å². The van der Waals surface area contributed by atoms with Gasteiger partial charge in [-0.05, 0) is 48.9 Å². The largest absolute Gasteiger partial charge is 0.456 e. The van der Waals surface area contributed by atoms with Gasteiger partial charge in [-0.3, -0.25) is 0 Å². The summed E-state index contributed by atoms with van der Waals surface area (Å²) in [5.74, 6) is 1.64. The van der Waals surface area contributed by atoms with Gasteiger partial charge in [-0.15, -0.1) is 11.8 Å². The number of halogens is 1. The third kappa shape index (κ3) is 3.94. The zero-order valence-corrected chi connectivity index (χ0v) is 13.5. The van der Waals surface area contributed by atoms with Gasteiger partial charge in [0.2, 0.25) is 0 Å². The van der Waals surface area contributed by atoms with Gasteiger partial charge in [0.25, 0.3) is 0 Å². The van der Waals surface area contributed by atoms with E-state index in [9.17, 15) is 0 Å². The van der Waals surface area contributed by atoms with E-state index < -0.39 is 0 Å². The fourth-order valence-electron chi connectivity index (χ4n) is 2.11. The second kappa shape index (κ2) is 6.73. The first-order valence-corrected chi connectivity index (χ1v) is 8.69. The first-order valence-electron chi connectivity index (χ1n) is 7.09. The molecule has 1 aliphatic rings. The summed E-state index contributed by atoms with van der Waals surface area (Å²) in [5.41, 5.74) is 1.12. The monoisotopic (exact) mass is 319 g/mol. The standard InChI is InChI=1S/C17H18ClNOS/c1-21-17-5-3-2-4-16(17)20-14-9-6-12(15(18)10-14)11-19-13-7-8-13/h2-6,9-10,13,19H,7-8,11H2,1H3. The van der Waals surface area contributed by atoms with Crippen LogP contribution in [0.5, 0.6) is 11.5 Å². The van der Waals surface area contributed by atoms with Crippen molar-refractivity contribution in [1.82, 2.24) is 5.32 Å². The Kier molecular flexibility index (Phi) is 4.73. The Morgan fingerprint density at radius 2 is 2.05 bits per heavy atom. The average molecular weight is 320 g/mol. The van der Waals surface area contributed by atoms with E-state index in [0.29, 0.717) is 6.04 Å². The maximum atomic E-state index is 6.35. The van der Waals surface area contributed by atoms with Crippen LogP contribution < -0.4 is 10.1 Å². The number of nitrogens with one attached hydrogen (secondary N) is 1. The number of ether oxygens (including phenoxy) is 1. The number of para-hydroxylation sites is 1. The van der Waals surface area contributed by atoms with Crippen molar-refractivity contribution in [2.24, 2.45) is 0 Å². The molecule has 0 atom stereocenters. The SMILES string of the molecule is CSc1ccccc1Oc1ccc(CNC2CC2)c(Cl)c1. The molecule has 1 fully saturated rings. The van der Waals surface area contributed by atoms with Crippen molar-refractivity contribution >= 4 is 23.4 Å². The Hall–Kier alpha value is -1.16. The molecule has 0 saturated heterocycles. The summed E-state index contributed by atoms with van der Waals surface area (Å²) in [7, 11) is 0. The molecule has 4 heteroatoms. The van der Waals surface area contributed by atoms with Gasteiger partial charge in [0.1, 0.15) is 11.5 Å². The van der Waals surface area contributed by atoms with Crippen LogP contribution in [0.3, 0.4) is 0 Å². The number of benzene rings is 2. The molecular formula is C17H18ClNOS. The van der Waals surface area contributed by atoms with Crippen LogP contribution in [-0.2, 0) is 6.54 Å². The first-order chi connectivity index (χ1) is 10.3. The predicted octanol–water partition coefficient (Wildman–Crippen LogP) is 5.11. The average Bonchev–Trinajstić information content (AvgIpc) is 3.31. The molecule has 110 valence electrons. The number of rotatable bonds is 6.